The lowest BCUT2D eigenvalue weighted by atomic mass is 10.2. The molecule has 27 heavy (non-hydrogen) atoms. The van der Waals surface area contributed by atoms with Crippen LogP contribution in [0.4, 0.5) is 0 Å². The number of hydrogen-bond donors (Lipinski definition) is 2. The van der Waals surface area contributed by atoms with Gasteiger partial charge < -0.3 is 19.6 Å². The molecule has 0 aliphatic heterocycles. The van der Waals surface area contributed by atoms with Gasteiger partial charge in [-0.25, -0.2) is 9.78 Å². The molecule has 7 nitrogen and oxygen atoms in total. The first-order valence-electron chi connectivity index (χ1n) is 7.88. The van der Waals surface area contributed by atoms with E-state index >= 15 is 0 Å². The summed E-state index contributed by atoms with van der Waals surface area (Å²) in [7, 11) is 0. The van der Waals surface area contributed by atoms with Gasteiger partial charge in [0.05, 0.1) is 16.1 Å². The third kappa shape index (κ3) is 4.37. The molecule has 3 aromatic rings. The molecule has 0 saturated heterocycles. The normalized spacial score (nSPS) is 11.6. The second-order valence-corrected chi connectivity index (χ2v) is 5.82. The molecule has 3 rings (SSSR count). The maximum Gasteiger partial charge on any atom is 0.344 e. The van der Waals surface area contributed by atoms with E-state index < -0.39 is 18.3 Å². The molecule has 0 unspecified atom stereocenters. The summed E-state index contributed by atoms with van der Waals surface area (Å²) < 4.78 is 10.2. The van der Waals surface area contributed by atoms with Gasteiger partial charge in [0.25, 0.3) is 0 Å². The maximum absolute atomic E-state index is 11.8. The number of halogens is 1. The Morgan fingerprint density at radius 3 is 2.67 bits per heavy atom. The molecule has 2 N–H and O–H groups in total. The fraction of sp³-hybridized carbons (Fsp3) is 0.105. The van der Waals surface area contributed by atoms with Crippen molar-refractivity contribution in [2.24, 2.45) is 0 Å². The number of hydrogen-bond acceptors (Lipinski definition) is 6. The number of nitriles is 1. The van der Waals surface area contributed by atoms with Crippen LogP contribution < -0.4 is 4.74 Å². The quantitative estimate of drug-likeness (QED) is 0.382. The lowest BCUT2D eigenvalue weighted by Gasteiger charge is -2.08. The van der Waals surface area contributed by atoms with Crippen LogP contribution >= 0.6 is 11.6 Å². The van der Waals surface area contributed by atoms with Gasteiger partial charge in [0.15, 0.2) is 18.2 Å². The highest BCUT2D eigenvalue weighted by Gasteiger charge is 2.15. The first kappa shape index (κ1) is 18.3. The molecule has 136 valence electrons. The Labute approximate surface area is 159 Å². The SMILES string of the molecule is N#C/C(=C(/O)COC(=O)COc1ccccc1Cl)c1nc2ccccc2[nH]1. The van der Waals surface area contributed by atoms with Gasteiger partial charge in [-0.3, -0.25) is 0 Å². The highest BCUT2D eigenvalue weighted by molar-refractivity contribution is 6.32. The number of esters is 1. The standard InChI is InChI=1S/C19H14ClN3O4/c20-13-5-1-4-8-17(13)26-11-18(25)27-10-16(24)12(9-21)19-22-14-6-2-3-7-15(14)23-19/h1-8,24H,10-11H2,(H,22,23)/b16-12-. The number of aromatic amines is 1. The van der Waals surface area contributed by atoms with Gasteiger partial charge in [-0.2, -0.15) is 5.26 Å². The number of carbonyl (C=O) groups is 1. The second kappa shape index (κ2) is 8.25. The number of H-pyrrole nitrogens is 1. The van der Waals surface area contributed by atoms with Gasteiger partial charge in [-0.05, 0) is 24.3 Å². The van der Waals surface area contributed by atoms with E-state index in [1.165, 1.54) is 0 Å². The highest BCUT2D eigenvalue weighted by Crippen LogP contribution is 2.23. The first-order valence-corrected chi connectivity index (χ1v) is 8.26. The van der Waals surface area contributed by atoms with Crippen molar-refractivity contribution in [3.05, 3.63) is 65.1 Å². The number of fused-ring (bicyclic) bond motifs is 1. The average molecular weight is 384 g/mol. The molecule has 2 aromatic carbocycles. The van der Waals surface area contributed by atoms with E-state index in [1.807, 2.05) is 18.2 Å². The zero-order chi connectivity index (χ0) is 19.2. The topological polar surface area (TPSA) is 108 Å². The Kier molecular flexibility index (Phi) is 5.59. The summed E-state index contributed by atoms with van der Waals surface area (Å²) in [5, 5.41) is 19.8. The lowest BCUT2D eigenvalue weighted by molar-refractivity contribution is -0.145. The van der Waals surface area contributed by atoms with E-state index in [9.17, 15) is 15.2 Å². The van der Waals surface area contributed by atoms with E-state index in [0.717, 1.165) is 5.52 Å². The van der Waals surface area contributed by atoms with Crippen LogP contribution in [0.25, 0.3) is 16.6 Å². The Bertz CT molecular complexity index is 1020. The summed E-state index contributed by atoms with van der Waals surface area (Å²) in [6.45, 7) is -0.867. The number of aliphatic hydroxyl groups is 1. The minimum atomic E-state index is -0.719. The Balaban J connectivity index is 1.63. The molecule has 0 amide bonds. The summed E-state index contributed by atoms with van der Waals surface area (Å²) in [6.07, 6.45) is 0. The smallest absolute Gasteiger partial charge is 0.344 e. The molecular weight excluding hydrogens is 370 g/mol. The summed E-state index contributed by atoms with van der Waals surface area (Å²) in [4.78, 5) is 19.0. The number of aromatic nitrogens is 2. The number of rotatable bonds is 6. The van der Waals surface area contributed by atoms with Crippen molar-refractivity contribution in [2.75, 3.05) is 13.2 Å². The number of carbonyl (C=O) groups excluding carboxylic acids is 1. The molecule has 1 heterocycles. The van der Waals surface area contributed by atoms with Gasteiger partial charge >= 0.3 is 5.97 Å². The van der Waals surface area contributed by atoms with Gasteiger partial charge in [0.1, 0.15) is 24.0 Å². The van der Waals surface area contributed by atoms with E-state index in [1.54, 1.807) is 36.4 Å². The minimum Gasteiger partial charge on any atom is -0.507 e. The third-order valence-corrected chi connectivity index (χ3v) is 3.89. The van der Waals surface area contributed by atoms with Crippen molar-refractivity contribution in [3.8, 4) is 11.8 Å². The average Bonchev–Trinajstić information content (AvgIpc) is 3.10. The Hall–Kier alpha value is -3.50. The van der Waals surface area contributed by atoms with Crippen LogP contribution in [-0.4, -0.2) is 34.3 Å². The van der Waals surface area contributed by atoms with Gasteiger partial charge in [0, 0.05) is 0 Å². The molecule has 0 aliphatic carbocycles. The predicted molar refractivity (Wildman–Crippen MR) is 99.2 cm³/mol. The van der Waals surface area contributed by atoms with Crippen LogP contribution in [0.1, 0.15) is 5.82 Å². The molecule has 0 aliphatic rings. The fourth-order valence-electron chi connectivity index (χ4n) is 2.29. The molecule has 0 atom stereocenters. The summed E-state index contributed by atoms with van der Waals surface area (Å²) in [5.41, 5.74) is 1.27. The number of ether oxygens (including phenoxy) is 2. The van der Waals surface area contributed by atoms with Gasteiger partial charge in [-0.1, -0.05) is 35.9 Å². The first-order chi connectivity index (χ1) is 13.1. The molecule has 0 radical (unpaired) electrons. The van der Waals surface area contributed by atoms with Gasteiger partial charge in [0.2, 0.25) is 0 Å². The van der Waals surface area contributed by atoms with Crippen LogP contribution in [0.5, 0.6) is 5.75 Å². The number of imidazole rings is 1. The Morgan fingerprint density at radius 1 is 1.19 bits per heavy atom. The molecule has 0 spiro atoms. The van der Waals surface area contributed by atoms with Crippen molar-refractivity contribution < 1.29 is 19.4 Å². The summed E-state index contributed by atoms with van der Waals surface area (Å²) >= 11 is 5.93. The predicted octanol–water partition coefficient (Wildman–Crippen LogP) is 3.63. The lowest BCUT2D eigenvalue weighted by Crippen LogP contribution is -2.16. The molecule has 8 heteroatoms. The molecule has 1 aromatic heterocycles. The van der Waals surface area contributed by atoms with E-state index in [4.69, 9.17) is 21.1 Å². The fourth-order valence-corrected chi connectivity index (χ4v) is 2.48. The van der Waals surface area contributed by atoms with Crippen LogP contribution in [0.15, 0.2) is 54.3 Å². The molecule has 0 bridgehead atoms. The monoisotopic (exact) mass is 383 g/mol. The van der Waals surface area contributed by atoms with Crippen LogP contribution in [0.2, 0.25) is 5.02 Å². The minimum absolute atomic E-state index is 0.106. The molecule has 0 fully saturated rings. The number of para-hydroxylation sites is 3. The van der Waals surface area contributed by atoms with Crippen molar-refractivity contribution >= 4 is 34.2 Å². The van der Waals surface area contributed by atoms with Crippen molar-refractivity contribution in [1.82, 2.24) is 9.97 Å². The van der Waals surface area contributed by atoms with Crippen LogP contribution in [0, 0.1) is 11.3 Å². The van der Waals surface area contributed by atoms with E-state index in [0.29, 0.717) is 16.3 Å². The maximum atomic E-state index is 11.8. The second-order valence-electron chi connectivity index (χ2n) is 5.42. The van der Waals surface area contributed by atoms with E-state index in [-0.39, 0.29) is 18.0 Å². The zero-order valence-electron chi connectivity index (χ0n) is 14.0. The van der Waals surface area contributed by atoms with Crippen LogP contribution in [-0.2, 0) is 9.53 Å². The van der Waals surface area contributed by atoms with Crippen molar-refractivity contribution in [2.45, 2.75) is 0 Å². The third-order valence-electron chi connectivity index (χ3n) is 3.58. The molecular formula is C19H14ClN3O4. The zero-order valence-corrected chi connectivity index (χ0v) is 14.7. The number of benzene rings is 2. The Morgan fingerprint density at radius 2 is 1.93 bits per heavy atom. The summed E-state index contributed by atoms with van der Waals surface area (Å²) in [5.74, 6) is -0.596. The highest BCUT2D eigenvalue weighted by atomic mass is 35.5. The summed E-state index contributed by atoms with van der Waals surface area (Å²) in [6, 6.07) is 15.8. The number of nitrogens with zero attached hydrogens (tertiary/aromatic N) is 2. The molecule has 0 saturated carbocycles. The van der Waals surface area contributed by atoms with Crippen LogP contribution in [0.3, 0.4) is 0 Å². The largest absolute Gasteiger partial charge is 0.507 e. The van der Waals surface area contributed by atoms with E-state index in [2.05, 4.69) is 9.97 Å². The van der Waals surface area contributed by atoms with Crippen molar-refractivity contribution in [1.29, 1.82) is 5.26 Å². The van der Waals surface area contributed by atoms with Crippen molar-refractivity contribution in [3.63, 3.8) is 0 Å². The number of aliphatic hydroxyl groups excluding tert-OH is 1. The number of nitrogens with one attached hydrogen (secondary N) is 1. The van der Waals surface area contributed by atoms with Gasteiger partial charge in [-0.15, -0.1) is 0 Å². The number of allylic oxidation sites excluding steroid dienone is 1.